The molecule has 242 valence electrons. The maximum absolute atomic E-state index is 2.48. The number of para-hydroxylation sites is 2. The summed E-state index contributed by atoms with van der Waals surface area (Å²) >= 11 is 0. The summed E-state index contributed by atoms with van der Waals surface area (Å²) in [6, 6.07) is 61.5. The number of benzene rings is 7. The first-order valence-electron chi connectivity index (χ1n) is 17.7. The van der Waals surface area contributed by atoms with Gasteiger partial charge in [-0.3, -0.25) is 0 Å². The molecule has 0 unspecified atom stereocenters. The van der Waals surface area contributed by atoms with Crippen LogP contribution in [0.15, 0.2) is 188 Å². The third-order valence-corrected chi connectivity index (χ3v) is 9.70. The van der Waals surface area contributed by atoms with Crippen molar-refractivity contribution in [2.45, 2.75) is 26.7 Å². The van der Waals surface area contributed by atoms with Crippen molar-refractivity contribution in [3.05, 3.63) is 193 Å². The molecule has 1 aliphatic carbocycles. The predicted octanol–water partition coefficient (Wildman–Crippen LogP) is 13.5. The van der Waals surface area contributed by atoms with Crippen LogP contribution in [0.2, 0.25) is 0 Å². The molecule has 2 heteroatoms. The van der Waals surface area contributed by atoms with E-state index in [0.717, 1.165) is 24.2 Å². The topological polar surface area (TPSA) is 8.17 Å². The van der Waals surface area contributed by atoms with E-state index < -0.39 is 0 Å². The van der Waals surface area contributed by atoms with E-state index in [2.05, 4.69) is 191 Å². The van der Waals surface area contributed by atoms with Gasteiger partial charge in [-0.05, 0) is 82.8 Å². The second-order valence-corrected chi connectivity index (χ2v) is 12.5. The van der Waals surface area contributed by atoms with Crippen LogP contribution in [0.3, 0.4) is 0 Å². The number of hydrogen-bond acceptors (Lipinski definition) is 1. The lowest BCUT2D eigenvalue weighted by Gasteiger charge is -2.30. The SMILES string of the molecule is C1=C(c2ccccc2)CCC(N(c2ccccc2)c2ccc3c4c5ccccc5ccc4n(-c4ccccc4-c4ccccc4)c3c2)=C1.CC. The molecule has 50 heavy (non-hydrogen) atoms. The van der Waals surface area contributed by atoms with Crippen LogP contribution in [-0.4, -0.2) is 4.57 Å². The molecule has 1 heterocycles. The monoisotopic (exact) mass is 644 g/mol. The van der Waals surface area contributed by atoms with Crippen LogP contribution in [0.1, 0.15) is 32.3 Å². The number of anilines is 2. The highest BCUT2D eigenvalue weighted by atomic mass is 15.2. The number of fused-ring (bicyclic) bond motifs is 5. The van der Waals surface area contributed by atoms with Crippen LogP contribution < -0.4 is 4.90 Å². The van der Waals surface area contributed by atoms with E-state index in [1.54, 1.807) is 0 Å². The Labute approximate surface area is 294 Å². The number of allylic oxidation sites excluding steroid dienone is 4. The second-order valence-electron chi connectivity index (χ2n) is 12.5. The molecule has 0 bridgehead atoms. The number of rotatable bonds is 6. The van der Waals surface area contributed by atoms with Crippen molar-refractivity contribution in [3.8, 4) is 16.8 Å². The van der Waals surface area contributed by atoms with Crippen molar-refractivity contribution in [1.29, 1.82) is 0 Å². The Bertz CT molecular complexity index is 2490. The Morgan fingerprint density at radius 1 is 0.480 bits per heavy atom. The summed E-state index contributed by atoms with van der Waals surface area (Å²) in [6.07, 6.45) is 6.58. The Hall–Kier alpha value is -6.12. The largest absolute Gasteiger partial charge is 0.314 e. The summed E-state index contributed by atoms with van der Waals surface area (Å²) in [5.74, 6) is 0. The zero-order valence-corrected chi connectivity index (χ0v) is 28.6. The molecular weight excluding hydrogens is 605 g/mol. The van der Waals surface area contributed by atoms with Gasteiger partial charge in [0.15, 0.2) is 0 Å². The first-order valence-corrected chi connectivity index (χ1v) is 17.7. The highest BCUT2D eigenvalue weighted by molar-refractivity contribution is 6.22. The predicted molar refractivity (Wildman–Crippen MR) is 215 cm³/mol. The van der Waals surface area contributed by atoms with Crippen molar-refractivity contribution in [2.75, 3.05) is 4.90 Å². The van der Waals surface area contributed by atoms with Crippen molar-refractivity contribution in [1.82, 2.24) is 4.57 Å². The summed E-state index contributed by atoms with van der Waals surface area (Å²) in [5, 5.41) is 5.07. The van der Waals surface area contributed by atoms with Crippen molar-refractivity contribution >= 4 is 49.5 Å². The molecule has 0 aliphatic heterocycles. The van der Waals surface area contributed by atoms with Crippen LogP contribution in [-0.2, 0) is 0 Å². The van der Waals surface area contributed by atoms with E-state index in [9.17, 15) is 0 Å². The van der Waals surface area contributed by atoms with E-state index in [1.165, 1.54) is 66.2 Å². The standard InChI is InChI=1S/C46H34N2.C2H6/c1-4-14-33(15-5-1)34-24-27-38(28-25-34)47(37-19-8-3-9-20-37)39-29-30-42-45(32-39)48(44-31-26-36-18-10-11-22-41(36)46(42)44)43-23-13-12-21-40(43)35-16-6-2-7-17-35;1-2/h1-24,26-27,29-32H,25,28H2;1-2H3. The van der Waals surface area contributed by atoms with Gasteiger partial charge in [0.05, 0.1) is 16.7 Å². The van der Waals surface area contributed by atoms with Crippen LogP contribution in [0.25, 0.3) is 55.0 Å². The maximum Gasteiger partial charge on any atom is 0.0562 e. The molecule has 9 rings (SSSR count). The van der Waals surface area contributed by atoms with Gasteiger partial charge in [0.25, 0.3) is 0 Å². The molecule has 1 aromatic heterocycles. The number of nitrogens with zero attached hydrogens (tertiary/aromatic N) is 2. The molecule has 0 atom stereocenters. The minimum atomic E-state index is 0.956. The molecule has 1 aliphatic rings. The molecule has 7 aromatic carbocycles. The lowest BCUT2D eigenvalue weighted by molar-refractivity contribution is 0.930. The van der Waals surface area contributed by atoms with E-state index in [1.807, 2.05) is 13.8 Å². The molecule has 0 saturated carbocycles. The summed E-state index contributed by atoms with van der Waals surface area (Å²) in [5.41, 5.74) is 12.3. The molecule has 0 N–H and O–H groups in total. The average Bonchev–Trinajstić information content (AvgIpc) is 3.54. The van der Waals surface area contributed by atoms with Crippen LogP contribution >= 0.6 is 0 Å². The molecule has 0 spiro atoms. The second kappa shape index (κ2) is 13.8. The van der Waals surface area contributed by atoms with Gasteiger partial charge < -0.3 is 9.47 Å². The van der Waals surface area contributed by atoms with Crippen LogP contribution in [0.5, 0.6) is 0 Å². The lowest BCUT2D eigenvalue weighted by Crippen LogP contribution is -2.18. The number of aromatic nitrogens is 1. The Kier molecular flexibility index (Phi) is 8.59. The van der Waals surface area contributed by atoms with Crippen LogP contribution in [0, 0.1) is 0 Å². The summed E-state index contributed by atoms with van der Waals surface area (Å²) in [7, 11) is 0. The fourth-order valence-corrected chi connectivity index (χ4v) is 7.47. The summed E-state index contributed by atoms with van der Waals surface area (Å²) < 4.78 is 2.48. The first kappa shape index (κ1) is 31.2. The van der Waals surface area contributed by atoms with E-state index in [-0.39, 0.29) is 0 Å². The third-order valence-electron chi connectivity index (χ3n) is 9.70. The molecular formula is C48H40N2. The molecule has 8 aromatic rings. The van der Waals surface area contributed by atoms with Gasteiger partial charge in [0.2, 0.25) is 0 Å². The van der Waals surface area contributed by atoms with Gasteiger partial charge >= 0.3 is 0 Å². The summed E-state index contributed by atoms with van der Waals surface area (Å²) in [6.45, 7) is 4.00. The lowest BCUT2D eigenvalue weighted by atomic mass is 9.95. The van der Waals surface area contributed by atoms with Crippen molar-refractivity contribution in [3.63, 3.8) is 0 Å². The molecule has 0 radical (unpaired) electrons. The number of hydrogen-bond donors (Lipinski definition) is 0. The fraction of sp³-hybridized carbons (Fsp3) is 0.0833. The molecule has 0 fully saturated rings. The molecule has 0 saturated heterocycles. The normalized spacial score (nSPS) is 12.7. The maximum atomic E-state index is 2.48. The van der Waals surface area contributed by atoms with Gasteiger partial charge in [0, 0.05) is 33.4 Å². The highest BCUT2D eigenvalue weighted by Crippen LogP contribution is 2.43. The van der Waals surface area contributed by atoms with Gasteiger partial charge in [0.1, 0.15) is 0 Å². The van der Waals surface area contributed by atoms with Gasteiger partial charge in [-0.1, -0.05) is 153 Å². The molecule has 2 nitrogen and oxygen atoms in total. The van der Waals surface area contributed by atoms with E-state index >= 15 is 0 Å². The minimum Gasteiger partial charge on any atom is -0.314 e. The van der Waals surface area contributed by atoms with E-state index in [0.29, 0.717) is 0 Å². The van der Waals surface area contributed by atoms with Crippen molar-refractivity contribution in [2.24, 2.45) is 0 Å². The Morgan fingerprint density at radius 2 is 1.14 bits per heavy atom. The third kappa shape index (κ3) is 5.59. The first-order chi connectivity index (χ1) is 24.8. The van der Waals surface area contributed by atoms with Crippen molar-refractivity contribution < 1.29 is 0 Å². The smallest absolute Gasteiger partial charge is 0.0562 e. The quantitative estimate of drug-likeness (QED) is 0.175. The zero-order valence-electron chi connectivity index (χ0n) is 28.6. The Balaban J connectivity index is 0.00000177. The highest BCUT2D eigenvalue weighted by Gasteiger charge is 2.22. The zero-order chi connectivity index (χ0) is 33.9. The average molecular weight is 645 g/mol. The van der Waals surface area contributed by atoms with Gasteiger partial charge in [-0.25, -0.2) is 0 Å². The van der Waals surface area contributed by atoms with Crippen LogP contribution in [0.4, 0.5) is 11.4 Å². The fourth-order valence-electron chi connectivity index (χ4n) is 7.47. The Morgan fingerprint density at radius 3 is 1.88 bits per heavy atom. The van der Waals surface area contributed by atoms with E-state index in [4.69, 9.17) is 0 Å². The molecule has 0 amide bonds. The van der Waals surface area contributed by atoms with Gasteiger partial charge in [-0.2, -0.15) is 0 Å². The summed E-state index contributed by atoms with van der Waals surface area (Å²) in [4.78, 5) is 2.45. The van der Waals surface area contributed by atoms with Gasteiger partial charge in [-0.15, -0.1) is 0 Å². The minimum absolute atomic E-state index is 0.956.